The van der Waals surface area contributed by atoms with Crippen molar-refractivity contribution < 1.29 is 4.74 Å². The maximum atomic E-state index is 6.09. The molecule has 1 aliphatic rings. The van der Waals surface area contributed by atoms with Crippen LogP contribution in [0.3, 0.4) is 0 Å². The lowest BCUT2D eigenvalue weighted by Gasteiger charge is -2.22. The molecule has 1 heterocycles. The van der Waals surface area contributed by atoms with Gasteiger partial charge >= 0.3 is 0 Å². The molecule has 0 unspecified atom stereocenters. The third-order valence-electron chi connectivity index (χ3n) is 3.68. The van der Waals surface area contributed by atoms with Crippen LogP contribution >= 0.6 is 45.2 Å². The second-order valence-corrected chi connectivity index (χ2v) is 7.32. The number of fused-ring (bicyclic) bond motifs is 4. The van der Waals surface area contributed by atoms with E-state index < -0.39 is 0 Å². The fraction of sp³-hybridized carbons (Fsp3) is 0.0588. The van der Waals surface area contributed by atoms with Gasteiger partial charge in [-0.25, -0.2) is 0 Å². The smallest absolute Gasteiger partial charge is 0.132 e. The van der Waals surface area contributed by atoms with Gasteiger partial charge in [0.1, 0.15) is 11.5 Å². The summed E-state index contributed by atoms with van der Waals surface area (Å²) in [6.45, 7) is 0. The number of hydrogen-bond acceptors (Lipinski definition) is 1. The van der Waals surface area contributed by atoms with Crippen molar-refractivity contribution in [3.8, 4) is 11.5 Å². The minimum absolute atomic E-state index is 0.944. The molecular weight excluding hydrogens is 474 g/mol. The number of rotatable bonds is 0. The van der Waals surface area contributed by atoms with Crippen molar-refractivity contribution >= 4 is 56.0 Å². The van der Waals surface area contributed by atoms with E-state index in [2.05, 4.69) is 81.6 Å². The molecule has 0 fully saturated rings. The van der Waals surface area contributed by atoms with Crippen LogP contribution in [0, 0.1) is 7.14 Å². The molecule has 0 bridgehead atoms. The molecule has 0 spiro atoms. The van der Waals surface area contributed by atoms with Crippen molar-refractivity contribution in [2.24, 2.45) is 0 Å². The third-order valence-corrected chi connectivity index (χ3v) is 5.24. The number of hydrogen-bond donors (Lipinski definition) is 0. The van der Waals surface area contributed by atoms with Crippen LogP contribution in [0.4, 0.5) is 0 Å². The van der Waals surface area contributed by atoms with Gasteiger partial charge in [-0.3, -0.25) is 0 Å². The van der Waals surface area contributed by atoms with Gasteiger partial charge in [0.05, 0.1) is 0 Å². The second kappa shape index (κ2) is 4.87. The summed E-state index contributed by atoms with van der Waals surface area (Å²) >= 11 is 4.76. The molecule has 20 heavy (non-hydrogen) atoms. The Bertz CT molecular complexity index is 840. The molecule has 1 aliphatic heterocycles. The Morgan fingerprint density at radius 3 is 2.60 bits per heavy atom. The summed E-state index contributed by atoms with van der Waals surface area (Å²) in [5.41, 5.74) is 2.57. The second-order valence-electron chi connectivity index (χ2n) is 4.91. The van der Waals surface area contributed by atoms with Crippen LogP contribution in [-0.2, 0) is 6.42 Å². The van der Waals surface area contributed by atoms with Crippen LogP contribution in [0.1, 0.15) is 11.1 Å². The number of benzene rings is 3. The van der Waals surface area contributed by atoms with Crippen molar-refractivity contribution in [3.05, 3.63) is 66.8 Å². The maximum Gasteiger partial charge on any atom is 0.132 e. The third kappa shape index (κ3) is 2.02. The number of ether oxygens (including phenoxy) is 1. The van der Waals surface area contributed by atoms with E-state index in [0.29, 0.717) is 0 Å². The van der Waals surface area contributed by atoms with E-state index in [-0.39, 0.29) is 0 Å². The predicted octanol–water partition coefficient (Wildman–Crippen LogP) is 5.75. The number of halogens is 2. The van der Waals surface area contributed by atoms with Crippen LogP contribution in [0.15, 0.2) is 48.5 Å². The Morgan fingerprint density at radius 1 is 0.850 bits per heavy atom. The molecule has 0 amide bonds. The average molecular weight is 484 g/mol. The molecule has 1 nitrogen and oxygen atoms in total. The zero-order valence-corrected chi connectivity index (χ0v) is 14.8. The highest BCUT2D eigenvalue weighted by Gasteiger charge is 2.20. The van der Waals surface area contributed by atoms with E-state index >= 15 is 0 Å². The first kappa shape index (κ1) is 12.9. The maximum absolute atomic E-state index is 6.09. The highest BCUT2D eigenvalue weighted by Crippen LogP contribution is 2.41. The Balaban J connectivity index is 2.00. The van der Waals surface area contributed by atoms with Crippen LogP contribution in [-0.4, -0.2) is 0 Å². The highest BCUT2D eigenvalue weighted by molar-refractivity contribution is 14.1. The van der Waals surface area contributed by atoms with Crippen molar-refractivity contribution in [2.75, 3.05) is 0 Å². The van der Waals surface area contributed by atoms with E-state index in [4.69, 9.17) is 4.74 Å². The molecule has 4 rings (SSSR count). The first-order chi connectivity index (χ1) is 9.72. The van der Waals surface area contributed by atoms with Crippen LogP contribution in [0.2, 0.25) is 0 Å². The Kier molecular flexibility index (Phi) is 3.14. The van der Waals surface area contributed by atoms with E-state index in [1.54, 1.807) is 0 Å². The molecule has 0 aliphatic carbocycles. The highest BCUT2D eigenvalue weighted by atomic mass is 127. The summed E-state index contributed by atoms with van der Waals surface area (Å²) in [4.78, 5) is 0. The summed E-state index contributed by atoms with van der Waals surface area (Å²) in [7, 11) is 0. The van der Waals surface area contributed by atoms with Gasteiger partial charge in [0, 0.05) is 19.1 Å². The van der Waals surface area contributed by atoms with Gasteiger partial charge in [0.2, 0.25) is 0 Å². The van der Waals surface area contributed by atoms with Gasteiger partial charge in [0.25, 0.3) is 0 Å². The molecule has 3 aromatic carbocycles. The molecule has 98 valence electrons. The standard InChI is InChI=1S/C17H10I2O/c18-11-5-6-12-13(8-11)15(19)9-17-14(12)7-10-3-1-2-4-16(10)20-17/h1-6,8-9H,7H2. The van der Waals surface area contributed by atoms with Gasteiger partial charge in [-0.15, -0.1) is 0 Å². The zero-order chi connectivity index (χ0) is 13.7. The SMILES string of the molecule is Ic1ccc2c3c(cc(I)c2c1)Oc1ccccc1C3. The van der Waals surface area contributed by atoms with Gasteiger partial charge in [-0.1, -0.05) is 24.3 Å². The molecule has 0 atom stereocenters. The van der Waals surface area contributed by atoms with Gasteiger partial charge in [0.15, 0.2) is 0 Å². The minimum atomic E-state index is 0.944. The van der Waals surface area contributed by atoms with Gasteiger partial charge in [-0.05, 0) is 85.8 Å². The fourth-order valence-electron chi connectivity index (χ4n) is 2.72. The summed E-state index contributed by atoms with van der Waals surface area (Å²) in [5.74, 6) is 1.99. The molecule has 0 aromatic heterocycles. The van der Waals surface area contributed by atoms with E-state index in [1.165, 1.54) is 29.0 Å². The van der Waals surface area contributed by atoms with Crippen molar-refractivity contribution in [3.63, 3.8) is 0 Å². The Hall–Kier alpha value is -0.820. The van der Waals surface area contributed by atoms with Crippen LogP contribution in [0.5, 0.6) is 11.5 Å². The first-order valence-corrected chi connectivity index (χ1v) is 8.54. The van der Waals surface area contributed by atoms with E-state index in [1.807, 2.05) is 12.1 Å². The van der Waals surface area contributed by atoms with E-state index in [9.17, 15) is 0 Å². The van der Waals surface area contributed by atoms with Crippen molar-refractivity contribution in [2.45, 2.75) is 6.42 Å². The molecule has 0 saturated heterocycles. The summed E-state index contributed by atoms with van der Waals surface area (Å²) < 4.78 is 8.60. The largest absolute Gasteiger partial charge is 0.457 e. The minimum Gasteiger partial charge on any atom is -0.457 e. The predicted molar refractivity (Wildman–Crippen MR) is 98.7 cm³/mol. The zero-order valence-electron chi connectivity index (χ0n) is 10.5. The summed E-state index contributed by atoms with van der Waals surface area (Å²) in [6, 6.07) is 17.1. The monoisotopic (exact) mass is 484 g/mol. The van der Waals surface area contributed by atoms with Gasteiger partial charge < -0.3 is 4.74 Å². The normalized spacial score (nSPS) is 12.7. The molecule has 0 radical (unpaired) electrons. The van der Waals surface area contributed by atoms with E-state index in [0.717, 1.165) is 17.9 Å². The lowest BCUT2D eigenvalue weighted by molar-refractivity contribution is 0.461. The molecule has 0 N–H and O–H groups in total. The Morgan fingerprint density at radius 2 is 1.70 bits per heavy atom. The lowest BCUT2D eigenvalue weighted by Crippen LogP contribution is -2.04. The summed E-state index contributed by atoms with van der Waals surface area (Å²) in [5, 5.41) is 2.63. The summed E-state index contributed by atoms with van der Waals surface area (Å²) in [6.07, 6.45) is 0.944. The fourth-order valence-corrected chi connectivity index (χ4v) is 3.94. The average Bonchev–Trinajstić information content (AvgIpc) is 2.46. The first-order valence-electron chi connectivity index (χ1n) is 6.39. The molecule has 3 heteroatoms. The molecule has 0 saturated carbocycles. The Labute approximate surface area is 144 Å². The van der Waals surface area contributed by atoms with Crippen molar-refractivity contribution in [1.82, 2.24) is 0 Å². The van der Waals surface area contributed by atoms with Crippen molar-refractivity contribution in [1.29, 1.82) is 0 Å². The van der Waals surface area contributed by atoms with Crippen LogP contribution < -0.4 is 4.74 Å². The topological polar surface area (TPSA) is 9.23 Å². The van der Waals surface area contributed by atoms with Gasteiger partial charge in [-0.2, -0.15) is 0 Å². The molecular formula is C17H10I2O. The van der Waals surface area contributed by atoms with Crippen LogP contribution in [0.25, 0.3) is 10.8 Å². The lowest BCUT2D eigenvalue weighted by atomic mass is 9.95. The quantitative estimate of drug-likeness (QED) is 0.289. The number of para-hydroxylation sites is 1. The molecule has 3 aromatic rings.